The van der Waals surface area contributed by atoms with Gasteiger partial charge in [-0.15, -0.1) is 11.3 Å². The Morgan fingerprint density at radius 2 is 1.78 bits per heavy atom. The molecule has 1 aliphatic rings. The van der Waals surface area contributed by atoms with Crippen LogP contribution in [-0.4, -0.2) is 41.1 Å². The molecule has 0 bridgehead atoms. The third kappa shape index (κ3) is 3.87. The minimum absolute atomic E-state index is 0.0602. The van der Waals surface area contributed by atoms with Crippen molar-refractivity contribution in [2.45, 2.75) is 6.92 Å². The molecule has 1 aliphatic heterocycles. The molecular weight excluding hydrogens is 446 g/mol. The van der Waals surface area contributed by atoms with Crippen molar-refractivity contribution in [3.63, 3.8) is 0 Å². The first-order valence-corrected chi connectivity index (χ1v) is 11.5. The van der Waals surface area contributed by atoms with Crippen molar-refractivity contribution in [3.8, 4) is 11.1 Å². The molecule has 0 spiro atoms. The highest BCUT2D eigenvalue weighted by atomic mass is 35.5. The Morgan fingerprint density at radius 3 is 2.53 bits per heavy atom. The number of benzene rings is 2. The summed E-state index contributed by atoms with van der Waals surface area (Å²) < 4.78 is 0. The van der Waals surface area contributed by atoms with Crippen LogP contribution in [0.4, 0.5) is 17.2 Å². The standard InChI is InChI=1S/C23H20ClN5O2S/c1-15-4-2-6-17(12-15)27-8-10-28(11-9-27)21-20-19(14-32-22(20)26-23(24)25-21)16-5-3-7-18(13-16)29(30)31/h2-7,12-14H,8-11H2,1H3. The number of anilines is 2. The average molecular weight is 466 g/mol. The number of rotatable bonds is 4. The number of hydrogen-bond donors (Lipinski definition) is 0. The number of nitrogens with zero attached hydrogens (tertiary/aromatic N) is 5. The van der Waals surface area contributed by atoms with Gasteiger partial charge in [0.05, 0.1) is 10.3 Å². The van der Waals surface area contributed by atoms with Gasteiger partial charge in [-0.3, -0.25) is 10.1 Å². The molecule has 0 radical (unpaired) electrons. The van der Waals surface area contributed by atoms with Gasteiger partial charge in [-0.25, -0.2) is 4.98 Å². The van der Waals surface area contributed by atoms with E-state index >= 15 is 0 Å². The van der Waals surface area contributed by atoms with Gasteiger partial charge in [0, 0.05) is 54.9 Å². The molecule has 9 heteroatoms. The molecule has 0 aliphatic carbocycles. The van der Waals surface area contributed by atoms with E-state index in [1.807, 2.05) is 11.4 Å². The third-order valence-corrected chi connectivity index (χ3v) is 6.74. The molecule has 0 saturated carbocycles. The van der Waals surface area contributed by atoms with Crippen LogP contribution < -0.4 is 9.80 Å². The lowest BCUT2D eigenvalue weighted by Gasteiger charge is -2.37. The van der Waals surface area contributed by atoms with Crippen molar-refractivity contribution in [1.29, 1.82) is 0 Å². The second-order valence-corrected chi connectivity index (χ2v) is 8.96. The number of piperazine rings is 1. The zero-order valence-corrected chi connectivity index (χ0v) is 18.9. The molecule has 0 unspecified atom stereocenters. The topological polar surface area (TPSA) is 75.4 Å². The van der Waals surface area contributed by atoms with Crippen LogP contribution in [0.2, 0.25) is 5.28 Å². The first-order chi connectivity index (χ1) is 15.5. The Labute approximate surface area is 194 Å². The van der Waals surface area contributed by atoms with Gasteiger partial charge in [0.1, 0.15) is 10.6 Å². The fourth-order valence-electron chi connectivity index (χ4n) is 4.13. The van der Waals surface area contributed by atoms with Gasteiger partial charge >= 0.3 is 0 Å². The molecule has 2 aromatic heterocycles. The van der Waals surface area contributed by atoms with E-state index in [0.717, 1.165) is 53.3 Å². The molecule has 3 heterocycles. The molecule has 1 saturated heterocycles. The summed E-state index contributed by atoms with van der Waals surface area (Å²) >= 11 is 7.74. The molecule has 0 atom stereocenters. The summed E-state index contributed by atoms with van der Waals surface area (Å²) in [6.07, 6.45) is 0. The van der Waals surface area contributed by atoms with E-state index in [2.05, 4.69) is 51.0 Å². The number of thiophene rings is 1. The Hall–Kier alpha value is -3.23. The molecule has 5 rings (SSSR count). The van der Waals surface area contributed by atoms with Crippen LogP contribution in [0.3, 0.4) is 0 Å². The van der Waals surface area contributed by atoms with Crippen LogP contribution in [0.1, 0.15) is 5.56 Å². The van der Waals surface area contributed by atoms with Crippen LogP contribution in [-0.2, 0) is 0 Å². The Bertz CT molecular complexity index is 1320. The lowest BCUT2D eigenvalue weighted by molar-refractivity contribution is -0.384. The Morgan fingerprint density at radius 1 is 1.03 bits per heavy atom. The number of aromatic nitrogens is 2. The van der Waals surface area contributed by atoms with Crippen molar-refractivity contribution < 1.29 is 4.92 Å². The maximum absolute atomic E-state index is 11.3. The first kappa shape index (κ1) is 20.7. The molecule has 0 N–H and O–H groups in total. The van der Waals surface area contributed by atoms with E-state index in [1.54, 1.807) is 12.1 Å². The van der Waals surface area contributed by atoms with Gasteiger partial charge in [0.15, 0.2) is 0 Å². The summed E-state index contributed by atoms with van der Waals surface area (Å²) in [6, 6.07) is 15.2. The average Bonchev–Trinajstić information content (AvgIpc) is 3.22. The quantitative estimate of drug-likeness (QED) is 0.223. The summed E-state index contributed by atoms with van der Waals surface area (Å²) in [7, 11) is 0. The van der Waals surface area contributed by atoms with E-state index in [9.17, 15) is 10.1 Å². The highest BCUT2D eigenvalue weighted by Crippen LogP contribution is 2.40. The number of hydrogen-bond acceptors (Lipinski definition) is 7. The number of nitro benzene ring substituents is 1. The van der Waals surface area contributed by atoms with Crippen molar-refractivity contribution in [2.75, 3.05) is 36.0 Å². The maximum atomic E-state index is 11.3. The largest absolute Gasteiger partial charge is 0.368 e. The molecular formula is C23H20ClN5O2S. The predicted molar refractivity (Wildman–Crippen MR) is 130 cm³/mol. The summed E-state index contributed by atoms with van der Waals surface area (Å²) in [6.45, 7) is 5.41. The molecule has 2 aromatic carbocycles. The number of nitro groups is 1. The van der Waals surface area contributed by atoms with Crippen molar-refractivity contribution in [1.82, 2.24) is 9.97 Å². The monoisotopic (exact) mass is 465 g/mol. The van der Waals surface area contributed by atoms with Crippen LogP contribution in [0, 0.1) is 17.0 Å². The van der Waals surface area contributed by atoms with Crippen LogP contribution >= 0.6 is 22.9 Å². The fraction of sp³-hybridized carbons (Fsp3) is 0.217. The fourth-order valence-corrected chi connectivity index (χ4v) is 5.28. The molecule has 4 aromatic rings. The van der Waals surface area contributed by atoms with Gasteiger partial charge in [-0.05, 0) is 41.8 Å². The molecule has 7 nitrogen and oxygen atoms in total. The van der Waals surface area contributed by atoms with Crippen molar-refractivity contribution >= 4 is 50.3 Å². The highest BCUT2D eigenvalue weighted by molar-refractivity contribution is 7.17. The van der Waals surface area contributed by atoms with E-state index in [0.29, 0.717) is 0 Å². The van der Waals surface area contributed by atoms with E-state index in [1.165, 1.54) is 28.7 Å². The van der Waals surface area contributed by atoms with Crippen molar-refractivity contribution in [3.05, 3.63) is 74.9 Å². The van der Waals surface area contributed by atoms with Gasteiger partial charge in [-0.1, -0.05) is 24.3 Å². The SMILES string of the molecule is Cc1cccc(N2CCN(c3nc(Cl)nc4scc(-c5cccc([N+](=O)[O-])c5)c34)CC2)c1. The second kappa shape index (κ2) is 8.37. The number of non-ortho nitro benzene ring substituents is 1. The highest BCUT2D eigenvalue weighted by Gasteiger charge is 2.24. The summed E-state index contributed by atoms with van der Waals surface area (Å²) in [5.74, 6) is 0.784. The van der Waals surface area contributed by atoms with E-state index in [4.69, 9.17) is 11.6 Å². The Kier molecular flexibility index (Phi) is 5.40. The molecule has 1 fully saturated rings. The van der Waals surface area contributed by atoms with E-state index < -0.39 is 0 Å². The summed E-state index contributed by atoms with van der Waals surface area (Å²) in [4.78, 5) is 25.3. The van der Waals surface area contributed by atoms with Crippen molar-refractivity contribution in [2.24, 2.45) is 0 Å². The minimum atomic E-state index is -0.378. The number of aryl methyl sites for hydroxylation is 1. The second-order valence-electron chi connectivity index (χ2n) is 7.77. The van der Waals surface area contributed by atoms with E-state index in [-0.39, 0.29) is 15.9 Å². The smallest absolute Gasteiger partial charge is 0.270 e. The number of fused-ring (bicyclic) bond motifs is 1. The lowest BCUT2D eigenvalue weighted by atomic mass is 10.0. The molecule has 162 valence electrons. The Balaban J connectivity index is 1.50. The zero-order valence-electron chi connectivity index (χ0n) is 17.4. The normalized spacial score (nSPS) is 14.2. The zero-order chi connectivity index (χ0) is 22.2. The number of halogens is 1. The van der Waals surface area contributed by atoms with Gasteiger partial charge in [0.2, 0.25) is 5.28 Å². The summed E-state index contributed by atoms with van der Waals surface area (Å²) in [5, 5.41) is 14.3. The maximum Gasteiger partial charge on any atom is 0.270 e. The lowest BCUT2D eigenvalue weighted by Crippen LogP contribution is -2.47. The third-order valence-electron chi connectivity index (χ3n) is 5.70. The first-order valence-electron chi connectivity index (χ1n) is 10.3. The summed E-state index contributed by atoms with van der Waals surface area (Å²) in [5.41, 5.74) is 4.19. The van der Waals surface area contributed by atoms with Crippen LogP contribution in [0.25, 0.3) is 21.3 Å². The van der Waals surface area contributed by atoms with Crippen LogP contribution in [0.15, 0.2) is 53.9 Å². The van der Waals surface area contributed by atoms with Gasteiger partial charge in [-0.2, -0.15) is 4.98 Å². The van der Waals surface area contributed by atoms with Gasteiger partial charge in [0.25, 0.3) is 5.69 Å². The van der Waals surface area contributed by atoms with Crippen LogP contribution in [0.5, 0.6) is 0 Å². The molecule has 32 heavy (non-hydrogen) atoms. The minimum Gasteiger partial charge on any atom is -0.368 e. The predicted octanol–water partition coefficient (Wildman–Crippen LogP) is 5.55. The molecule has 0 amide bonds. The van der Waals surface area contributed by atoms with Gasteiger partial charge < -0.3 is 9.80 Å².